The Kier molecular flexibility index (Phi) is 4.00. The number of nitrogens with one attached hydrogen (secondary N) is 1. The van der Waals surface area contributed by atoms with Crippen LogP contribution in [0.2, 0.25) is 5.02 Å². The fourth-order valence-electron chi connectivity index (χ4n) is 1.72. The summed E-state index contributed by atoms with van der Waals surface area (Å²) in [6, 6.07) is 6.49. The zero-order valence-corrected chi connectivity index (χ0v) is 10.9. The van der Waals surface area contributed by atoms with E-state index in [4.69, 9.17) is 11.6 Å². The van der Waals surface area contributed by atoms with E-state index in [-0.39, 0.29) is 17.3 Å². The molecule has 0 amide bonds. The maximum absolute atomic E-state index is 13.7. The number of rotatable bonds is 3. The molecule has 0 bridgehead atoms. The van der Waals surface area contributed by atoms with Crippen molar-refractivity contribution in [1.29, 1.82) is 0 Å². The quantitative estimate of drug-likeness (QED) is 0.863. The third-order valence-electron chi connectivity index (χ3n) is 2.68. The summed E-state index contributed by atoms with van der Waals surface area (Å²) in [6.07, 6.45) is 0. The first-order chi connectivity index (χ1) is 8.97. The van der Waals surface area contributed by atoms with Gasteiger partial charge in [0.15, 0.2) is 5.82 Å². The van der Waals surface area contributed by atoms with Gasteiger partial charge in [-0.15, -0.1) is 0 Å². The molecule has 0 fully saturated rings. The summed E-state index contributed by atoms with van der Waals surface area (Å²) in [5.74, 6) is -1.83. The molecule has 0 saturated heterocycles. The highest BCUT2D eigenvalue weighted by atomic mass is 35.5. The molecule has 2 aromatic rings. The van der Waals surface area contributed by atoms with Gasteiger partial charge >= 0.3 is 0 Å². The fourth-order valence-corrected chi connectivity index (χ4v) is 1.97. The Morgan fingerprint density at radius 3 is 2.53 bits per heavy atom. The van der Waals surface area contributed by atoms with Gasteiger partial charge in [-0.1, -0.05) is 17.7 Å². The highest BCUT2D eigenvalue weighted by Crippen LogP contribution is 2.23. The smallest absolute Gasteiger partial charge is 0.152 e. The summed E-state index contributed by atoms with van der Waals surface area (Å²) >= 11 is 5.70. The van der Waals surface area contributed by atoms with E-state index in [1.807, 2.05) is 0 Å². The van der Waals surface area contributed by atoms with Crippen LogP contribution in [0.15, 0.2) is 30.3 Å². The predicted molar refractivity (Wildman–Crippen MR) is 69.8 cm³/mol. The number of hydrogen-bond acceptors (Lipinski definition) is 1. The van der Waals surface area contributed by atoms with Crippen LogP contribution in [0.4, 0.5) is 18.9 Å². The zero-order chi connectivity index (χ0) is 14.0. The van der Waals surface area contributed by atoms with Gasteiger partial charge in [-0.2, -0.15) is 0 Å². The van der Waals surface area contributed by atoms with Crippen LogP contribution in [-0.2, 0) is 6.54 Å². The van der Waals surface area contributed by atoms with E-state index < -0.39 is 17.5 Å². The molecule has 19 heavy (non-hydrogen) atoms. The van der Waals surface area contributed by atoms with Gasteiger partial charge in [0.05, 0.1) is 0 Å². The van der Waals surface area contributed by atoms with Crippen molar-refractivity contribution in [3.63, 3.8) is 0 Å². The van der Waals surface area contributed by atoms with Crippen LogP contribution in [-0.4, -0.2) is 0 Å². The lowest BCUT2D eigenvalue weighted by Crippen LogP contribution is -2.05. The van der Waals surface area contributed by atoms with E-state index >= 15 is 0 Å². The summed E-state index contributed by atoms with van der Waals surface area (Å²) in [5.41, 5.74) is 0.617. The van der Waals surface area contributed by atoms with E-state index in [0.29, 0.717) is 11.1 Å². The normalized spacial score (nSPS) is 10.6. The molecule has 0 heterocycles. The van der Waals surface area contributed by atoms with E-state index in [1.165, 1.54) is 30.3 Å². The second-order valence-electron chi connectivity index (χ2n) is 4.18. The highest BCUT2D eigenvalue weighted by molar-refractivity contribution is 6.30. The minimum absolute atomic E-state index is 0.0781. The summed E-state index contributed by atoms with van der Waals surface area (Å²) in [4.78, 5) is 0. The first kappa shape index (κ1) is 13.7. The summed E-state index contributed by atoms with van der Waals surface area (Å²) in [5, 5.41) is 2.86. The van der Waals surface area contributed by atoms with Gasteiger partial charge in [-0.25, -0.2) is 13.2 Å². The largest absolute Gasteiger partial charge is 0.376 e. The zero-order valence-electron chi connectivity index (χ0n) is 10.1. The number of halogens is 4. The Morgan fingerprint density at radius 2 is 1.84 bits per heavy atom. The standard InChI is InChI=1S/C14H11ClF3N/c1-8-2-3-12(17)14(13(8)18)19-7-9-4-10(15)6-11(16)5-9/h2-6,19H,7H2,1H3. The lowest BCUT2D eigenvalue weighted by atomic mass is 10.1. The molecule has 0 aromatic heterocycles. The molecular weight excluding hydrogens is 275 g/mol. The van der Waals surface area contributed by atoms with Gasteiger partial charge < -0.3 is 5.32 Å². The van der Waals surface area contributed by atoms with Gasteiger partial charge in [0.1, 0.15) is 17.3 Å². The van der Waals surface area contributed by atoms with E-state index in [0.717, 1.165) is 0 Å². The monoisotopic (exact) mass is 285 g/mol. The van der Waals surface area contributed by atoms with Crippen LogP contribution in [0.3, 0.4) is 0 Å². The number of aryl methyl sites for hydroxylation is 1. The Balaban J connectivity index is 2.21. The molecule has 2 aromatic carbocycles. The van der Waals surface area contributed by atoms with E-state index in [9.17, 15) is 13.2 Å². The summed E-state index contributed by atoms with van der Waals surface area (Å²) in [6.45, 7) is 1.62. The molecule has 0 aliphatic rings. The molecule has 1 nitrogen and oxygen atoms in total. The van der Waals surface area contributed by atoms with Gasteiger partial charge in [0, 0.05) is 11.6 Å². The molecule has 1 N–H and O–H groups in total. The molecule has 0 saturated carbocycles. The molecule has 2 rings (SSSR count). The van der Waals surface area contributed by atoms with Crippen molar-refractivity contribution in [3.8, 4) is 0 Å². The Hall–Kier alpha value is -1.68. The average molecular weight is 286 g/mol. The first-order valence-electron chi connectivity index (χ1n) is 5.61. The maximum atomic E-state index is 13.7. The lowest BCUT2D eigenvalue weighted by Gasteiger charge is -2.10. The van der Waals surface area contributed by atoms with Crippen molar-refractivity contribution >= 4 is 17.3 Å². The molecule has 0 radical (unpaired) electrons. The molecular formula is C14H11ClF3N. The predicted octanol–water partition coefficient (Wildman–Crippen LogP) is 4.68. The van der Waals surface area contributed by atoms with Crippen molar-refractivity contribution < 1.29 is 13.2 Å². The highest BCUT2D eigenvalue weighted by Gasteiger charge is 2.11. The Morgan fingerprint density at radius 1 is 1.11 bits per heavy atom. The number of benzene rings is 2. The van der Waals surface area contributed by atoms with Crippen molar-refractivity contribution in [2.75, 3.05) is 5.32 Å². The second-order valence-corrected chi connectivity index (χ2v) is 4.62. The van der Waals surface area contributed by atoms with Crippen molar-refractivity contribution in [2.24, 2.45) is 0 Å². The van der Waals surface area contributed by atoms with Crippen LogP contribution in [0.1, 0.15) is 11.1 Å². The minimum Gasteiger partial charge on any atom is -0.376 e. The maximum Gasteiger partial charge on any atom is 0.152 e. The molecule has 0 atom stereocenters. The van der Waals surface area contributed by atoms with Gasteiger partial charge in [0.2, 0.25) is 0 Å². The fraction of sp³-hybridized carbons (Fsp3) is 0.143. The Bertz CT molecular complexity index is 594. The number of hydrogen-bond donors (Lipinski definition) is 1. The lowest BCUT2D eigenvalue weighted by molar-refractivity contribution is 0.582. The summed E-state index contributed by atoms with van der Waals surface area (Å²) < 4.78 is 40.3. The van der Waals surface area contributed by atoms with Crippen LogP contribution < -0.4 is 5.32 Å². The van der Waals surface area contributed by atoms with Crippen LogP contribution in [0, 0.1) is 24.4 Å². The van der Waals surface area contributed by atoms with Gasteiger partial charge in [-0.3, -0.25) is 0 Å². The van der Waals surface area contributed by atoms with Crippen molar-refractivity contribution in [1.82, 2.24) is 0 Å². The molecule has 100 valence electrons. The summed E-state index contributed by atoms with van der Waals surface area (Å²) in [7, 11) is 0. The third-order valence-corrected chi connectivity index (χ3v) is 2.89. The SMILES string of the molecule is Cc1ccc(F)c(NCc2cc(F)cc(Cl)c2)c1F. The van der Waals surface area contributed by atoms with Crippen LogP contribution in [0.25, 0.3) is 0 Å². The van der Waals surface area contributed by atoms with Crippen LogP contribution in [0.5, 0.6) is 0 Å². The molecule has 0 spiro atoms. The van der Waals surface area contributed by atoms with E-state index in [1.54, 1.807) is 6.92 Å². The number of anilines is 1. The average Bonchev–Trinajstić information content (AvgIpc) is 2.33. The van der Waals surface area contributed by atoms with Gasteiger partial charge in [-0.05, 0) is 42.3 Å². The first-order valence-corrected chi connectivity index (χ1v) is 5.98. The minimum atomic E-state index is -0.689. The van der Waals surface area contributed by atoms with E-state index in [2.05, 4.69) is 5.32 Å². The molecule has 0 unspecified atom stereocenters. The van der Waals surface area contributed by atoms with Crippen molar-refractivity contribution in [3.05, 3.63) is 63.9 Å². The molecule has 0 aliphatic carbocycles. The topological polar surface area (TPSA) is 12.0 Å². The second kappa shape index (κ2) is 5.53. The Labute approximate surface area is 114 Å². The molecule has 0 aliphatic heterocycles. The van der Waals surface area contributed by atoms with Crippen molar-refractivity contribution in [2.45, 2.75) is 13.5 Å². The third kappa shape index (κ3) is 3.20. The van der Waals surface area contributed by atoms with Crippen LogP contribution >= 0.6 is 11.6 Å². The van der Waals surface area contributed by atoms with Gasteiger partial charge in [0.25, 0.3) is 0 Å². The molecule has 5 heteroatoms.